The van der Waals surface area contributed by atoms with Gasteiger partial charge in [0.05, 0.1) is 30.0 Å². The smallest absolute Gasteiger partial charge is 0.389 e. The van der Waals surface area contributed by atoms with Crippen LogP contribution in [-0.4, -0.2) is 44.4 Å². The first kappa shape index (κ1) is 15.1. The van der Waals surface area contributed by atoms with Crippen LogP contribution < -0.4 is 0 Å². The first-order valence-electron chi connectivity index (χ1n) is 6.63. The molecule has 0 saturated heterocycles. The molecule has 1 N–H and O–H groups in total. The van der Waals surface area contributed by atoms with Crippen LogP contribution in [0.25, 0.3) is 0 Å². The van der Waals surface area contributed by atoms with Crippen molar-refractivity contribution in [1.82, 2.24) is 14.7 Å². The molecule has 0 aliphatic rings. The van der Waals surface area contributed by atoms with Crippen molar-refractivity contribution in [2.24, 2.45) is 0 Å². The molecule has 1 unspecified atom stereocenters. The van der Waals surface area contributed by atoms with Crippen molar-refractivity contribution < 1.29 is 10.0 Å². The van der Waals surface area contributed by atoms with Gasteiger partial charge in [0.15, 0.2) is 0 Å². The highest BCUT2D eigenvalue weighted by atomic mass is 16.6. The Morgan fingerprint density at radius 1 is 1.38 bits per heavy atom. The van der Waals surface area contributed by atoms with Gasteiger partial charge in [0.2, 0.25) is 0 Å². The Morgan fingerprint density at radius 2 is 2.10 bits per heavy atom. The van der Waals surface area contributed by atoms with E-state index in [2.05, 4.69) is 5.10 Å². The van der Waals surface area contributed by atoms with Crippen LogP contribution in [0.1, 0.15) is 5.56 Å². The summed E-state index contributed by atoms with van der Waals surface area (Å²) >= 11 is 0. The fourth-order valence-electron chi connectivity index (χ4n) is 2.14. The highest BCUT2D eigenvalue weighted by Crippen LogP contribution is 2.07. The molecule has 0 spiro atoms. The average Bonchev–Trinajstić information content (AvgIpc) is 2.88. The molecule has 0 fully saturated rings. The van der Waals surface area contributed by atoms with Crippen molar-refractivity contribution in [1.29, 1.82) is 0 Å². The van der Waals surface area contributed by atoms with E-state index in [1.165, 1.54) is 22.5 Å². The van der Waals surface area contributed by atoms with Crippen LogP contribution in [0.2, 0.25) is 0 Å². The van der Waals surface area contributed by atoms with Gasteiger partial charge in [-0.15, -0.1) is 0 Å². The lowest BCUT2D eigenvalue weighted by Crippen LogP contribution is -2.31. The molecular formula is C14H18N4O3. The lowest BCUT2D eigenvalue weighted by molar-refractivity contribution is -0.389. The van der Waals surface area contributed by atoms with Crippen LogP contribution >= 0.6 is 0 Å². The van der Waals surface area contributed by atoms with Crippen LogP contribution in [0, 0.1) is 10.1 Å². The summed E-state index contributed by atoms with van der Waals surface area (Å²) in [5, 5.41) is 24.3. The number of benzene rings is 1. The highest BCUT2D eigenvalue weighted by Gasteiger charge is 2.15. The van der Waals surface area contributed by atoms with E-state index in [0.29, 0.717) is 6.54 Å². The first-order valence-corrected chi connectivity index (χ1v) is 6.63. The molecule has 1 aromatic heterocycles. The zero-order chi connectivity index (χ0) is 15.2. The van der Waals surface area contributed by atoms with E-state index in [0.717, 1.165) is 6.54 Å². The molecule has 0 aliphatic heterocycles. The third-order valence-corrected chi connectivity index (χ3v) is 3.03. The standard InChI is InChI=1S/C14H18N4O3/c1-16(9-12-5-3-2-4-6-12)10-13(19)11-17-8-7-14(15-17)18(20)21/h2-8,13,19H,9-11H2,1H3. The maximum absolute atomic E-state index is 10.5. The lowest BCUT2D eigenvalue weighted by atomic mass is 10.2. The number of hydrogen-bond acceptors (Lipinski definition) is 5. The van der Waals surface area contributed by atoms with Gasteiger partial charge in [0.1, 0.15) is 0 Å². The second-order valence-electron chi connectivity index (χ2n) is 4.99. The monoisotopic (exact) mass is 290 g/mol. The summed E-state index contributed by atoms with van der Waals surface area (Å²) in [4.78, 5) is 12.0. The lowest BCUT2D eigenvalue weighted by Gasteiger charge is -2.19. The van der Waals surface area contributed by atoms with Crippen LogP contribution in [0.4, 0.5) is 5.82 Å². The molecular weight excluding hydrogens is 272 g/mol. The number of aliphatic hydroxyl groups excluding tert-OH is 1. The normalized spacial score (nSPS) is 12.5. The summed E-state index contributed by atoms with van der Waals surface area (Å²) in [5.74, 6) is -0.208. The van der Waals surface area contributed by atoms with Crippen molar-refractivity contribution in [3.8, 4) is 0 Å². The number of hydrogen-bond donors (Lipinski definition) is 1. The van der Waals surface area contributed by atoms with Gasteiger partial charge < -0.3 is 15.2 Å². The zero-order valence-corrected chi connectivity index (χ0v) is 11.8. The molecule has 1 aromatic carbocycles. The predicted octanol–water partition coefficient (Wildman–Crippen LogP) is 1.28. The van der Waals surface area contributed by atoms with Gasteiger partial charge in [-0.1, -0.05) is 30.3 Å². The quantitative estimate of drug-likeness (QED) is 0.613. The van der Waals surface area contributed by atoms with Gasteiger partial charge in [0, 0.05) is 13.1 Å². The number of rotatable bonds is 7. The van der Waals surface area contributed by atoms with Crippen LogP contribution in [-0.2, 0) is 13.1 Å². The van der Waals surface area contributed by atoms with Crippen molar-refractivity contribution in [2.45, 2.75) is 19.2 Å². The molecule has 1 atom stereocenters. The predicted molar refractivity (Wildman–Crippen MR) is 77.7 cm³/mol. The Hall–Kier alpha value is -2.25. The fraction of sp³-hybridized carbons (Fsp3) is 0.357. The number of likely N-dealkylation sites (N-methyl/N-ethyl adjacent to an activating group) is 1. The Balaban J connectivity index is 1.83. The van der Waals surface area contributed by atoms with E-state index in [1.54, 1.807) is 0 Å². The van der Waals surface area contributed by atoms with Crippen LogP contribution in [0.5, 0.6) is 0 Å². The van der Waals surface area contributed by atoms with E-state index >= 15 is 0 Å². The molecule has 7 nitrogen and oxygen atoms in total. The second kappa shape index (κ2) is 6.96. The SMILES string of the molecule is CN(Cc1ccccc1)CC(O)Cn1ccc([N+](=O)[O-])n1. The summed E-state index contributed by atoms with van der Waals surface area (Å²) in [6, 6.07) is 11.3. The van der Waals surface area contributed by atoms with Gasteiger partial charge >= 0.3 is 5.82 Å². The number of aliphatic hydroxyl groups is 1. The molecule has 1 heterocycles. The molecule has 21 heavy (non-hydrogen) atoms. The number of nitrogens with zero attached hydrogens (tertiary/aromatic N) is 4. The number of aromatic nitrogens is 2. The molecule has 0 amide bonds. The topological polar surface area (TPSA) is 84.4 Å². The minimum absolute atomic E-state index is 0.208. The molecule has 2 rings (SSSR count). The van der Waals surface area contributed by atoms with E-state index in [4.69, 9.17) is 0 Å². The fourth-order valence-corrected chi connectivity index (χ4v) is 2.14. The summed E-state index contributed by atoms with van der Waals surface area (Å²) in [5.41, 5.74) is 1.17. The van der Waals surface area contributed by atoms with Crippen molar-refractivity contribution >= 4 is 5.82 Å². The first-order chi connectivity index (χ1) is 10.0. The summed E-state index contributed by atoms with van der Waals surface area (Å²) in [7, 11) is 1.92. The third-order valence-electron chi connectivity index (χ3n) is 3.03. The molecule has 0 saturated carbocycles. The molecule has 112 valence electrons. The van der Waals surface area contributed by atoms with Crippen molar-refractivity contribution in [3.63, 3.8) is 0 Å². The van der Waals surface area contributed by atoms with Crippen LogP contribution in [0.15, 0.2) is 42.6 Å². The Kier molecular flexibility index (Phi) is 5.02. The molecule has 0 aliphatic carbocycles. The summed E-state index contributed by atoms with van der Waals surface area (Å²) < 4.78 is 1.39. The third kappa shape index (κ3) is 4.66. The molecule has 0 bridgehead atoms. The van der Waals surface area contributed by atoms with Crippen molar-refractivity contribution in [3.05, 3.63) is 58.3 Å². The van der Waals surface area contributed by atoms with E-state index in [9.17, 15) is 15.2 Å². The van der Waals surface area contributed by atoms with Crippen LogP contribution in [0.3, 0.4) is 0 Å². The Morgan fingerprint density at radius 3 is 2.71 bits per heavy atom. The highest BCUT2D eigenvalue weighted by molar-refractivity contribution is 5.15. The molecule has 7 heteroatoms. The van der Waals surface area contributed by atoms with E-state index in [1.807, 2.05) is 42.3 Å². The van der Waals surface area contributed by atoms with Gasteiger partial charge in [-0.25, -0.2) is 0 Å². The van der Waals surface area contributed by atoms with Crippen molar-refractivity contribution in [2.75, 3.05) is 13.6 Å². The number of nitro groups is 1. The average molecular weight is 290 g/mol. The summed E-state index contributed by atoms with van der Waals surface area (Å²) in [6.07, 6.45) is 0.858. The Labute approximate surface area is 122 Å². The van der Waals surface area contributed by atoms with Gasteiger partial charge in [-0.3, -0.25) is 4.90 Å². The Bertz CT molecular complexity index is 585. The van der Waals surface area contributed by atoms with Gasteiger partial charge in [-0.05, 0) is 17.5 Å². The van der Waals surface area contributed by atoms with Gasteiger partial charge in [-0.2, -0.15) is 4.68 Å². The van der Waals surface area contributed by atoms with E-state index in [-0.39, 0.29) is 12.4 Å². The van der Waals surface area contributed by atoms with E-state index < -0.39 is 11.0 Å². The summed E-state index contributed by atoms with van der Waals surface area (Å²) in [6.45, 7) is 1.42. The maximum atomic E-state index is 10.5. The minimum Gasteiger partial charge on any atom is -0.390 e. The largest absolute Gasteiger partial charge is 0.390 e. The molecule has 0 radical (unpaired) electrons. The minimum atomic E-state index is -0.641. The zero-order valence-electron chi connectivity index (χ0n) is 11.8. The second-order valence-corrected chi connectivity index (χ2v) is 4.99. The molecule has 2 aromatic rings. The maximum Gasteiger partial charge on any atom is 0.389 e. The van der Waals surface area contributed by atoms with Gasteiger partial charge in [0.25, 0.3) is 0 Å².